The van der Waals surface area contributed by atoms with Crippen molar-refractivity contribution in [2.75, 3.05) is 7.11 Å². The van der Waals surface area contributed by atoms with Gasteiger partial charge in [-0.2, -0.15) is 0 Å². The second kappa shape index (κ2) is 8.91. The maximum Gasteiger partial charge on any atom is 0.509 e. The molecule has 2 aliphatic rings. The van der Waals surface area contributed by atoms with Crippen LogP contribution in [0.5, 0.6) is 0 Å². The molecule has 29 heavy (non-hydrogen) atoms. The summed E-state index contributed by atoms with van der Waals surface area (Å²) in [5.41, 5.74) is 0.693. The van der Waals surface area contributed by atoms with Crippen molar-refractivity contribution in [2.45, 2.75) is 85.0 Å². The van der Waals surface area contributed by atoms with E-state index >= 15 is 0 Å². The molecule has 4 heteroatoms. The molecule has 0 saturated carbocycles. The van der Waals surface area contributed by atoms with Crippen molar-refractivity contribution in [3.05, 3.63) is 48.1 Å². The van der Waals surface area contributed by atoms with Crippen molar-refractivity contribution in [3.63, 3.8) is 0 Å². The Hall–Kier alpha value is -1.81. The molecule has 0 unspecified atom stereocenters. The lowest BCUT2D eigenvalue weighted by molar-refractivity contribution is -0.0551. The Morgan fingerprint density at radius 2 is 2.07 bits per heavy atom. The highest BCUT2D eigenvalue weighted by molar-refractivity contribution is 5.65. The number of methoxy groups -OCH3 is 1. The number of rotatable bonds is 8. The van der Waals surface area contributed by atoms with Gasteiger partial charge in [-0.25, -0.2) is 4.79 Å². The van der Waals surface area contributed by atoms with Crippen LogP contribution in [0.2, 0.25) is 0 Å². The van der Waals surface area contributed by atoms with E-state index in [1.807, 2.05) is 19.1 Å². The van der Waals surface area contributed by atoms with Gasteiger partial charge in [0.15, 0.2) is 11.7 Å². The lowest BCUT2D eigenvalue weighted by Crippen LogP contribution is -2.55. The van der Waals surface area contributed by atoms with Crippen LogP contribution in [0.15, 0.2) is 48.1 Å². The Morgan fingerprint density at radius 3 is 2.62 bits per heavy atom. The third-order valence-electron chi connectivity index (χ3n) is 6.69. The van der Waals surface area contributed by atoms with Gasteiger partial charge in [0.25, 0.3) is 0 Å². The minimum Gasteiger partial charge on any atom is -0.422 e. The fraction of sp³-hybridized carbons (Fsp3) is 0.640. The second-order valence-electron chi connectivity index (χ2n) is 9.32. The minimum absolute atomic E-state index is 0.0331. The quantitative estimate of drug-likeness (QED) is 0.342. The summed E-state index contributed by atoms with van der Waals surface area (Å²) in [6.45, 7) is 16.5. The van der Waals surface area contributed by atoms with E-state index in [1.165, 1.54) is 5.57 Å². The number of hydrogen-bond donors (Lipinski definition) is 0. The van der Waals surface area contributed by atoms with Gasteiger partial charge in [-0.3, -0.25) is 0 Å². The van der Waals surface area contributed by atoms with Gasteiger partial charge in [0.1, 0.15) is 0 Å². The van der Waals surface area contributed by atoms with E-state index in [0.29, 0.717) is 6.42 Å². The second-order valence-corrected chi connectivity index (χ2v) is 9.32. The molecule has 0 aromatic rings. The molecule has 0 aromatic heterocycles. The highest BCUT2D eigenvalue weighted by Gasteiger charge is 2.62. The monoisotopic (exact) mass is 402 g/mol. The predicted molar refractivity (Wildman–Crippen MR) is 118 cm³/mol. The molecule has 2 rings (SSSR count). The summed E-state index contributed by atoms with van der Waals surface area (Å²) >= 11 is 0. The van der Waals surface area contributed by atoms with E-state index in [9.17, 15) is 4.79 Å². The third kappa shape index (κ3) is 4.23. The number of cyclic esters (lactones) is 2. The number of hydrogen-bond acceptors (Lipinski definition) is 4. The maximum atomic E-state index is 12.6. The average molecular weight is 403 g/mol. The minimum atomic E-state index is -0.836. The Bertz CT molecular complexity index is 710. The van der Waals surface area contributed by atoms with Crippen LogP contribution >= 0.6 is 0 Å². The van der Waals surface area contributed by atoms with Crippen molar-refractivity contribution in [1.29, 1.82) is 0 Å². The first-order valence-electron chi connectivity index (χ1n) is 10.6. The van der Waals surface area contributed by atoms with Gasteiger partial charge >= 0.3 is 6.16 Å². The number of carbonyl (C=O) groups excluding carboxylic acids is 1. The smallest absolute Gasteiger partial charge is 0.422 e. The molecular formula is C25H38O4. The topological polar surface area (TPSA) is 44.8 Å². The molecule has 162 valence electrons. The van der Waals surface area contributed by atoms with Crippen molar-refractivity contribution in [1.82, 2.24) is 0 Å². The van der Waals surface area contributed by atoms with Crippen molar-refractivity contribution in [3.8, 4) is 0 Å². The highest BCUT2D eigenvalue weighted by atomic mass is 16.8. The molecule has 1 aliphatic carbocycles. The van der Waals surface area contributed by atoms with E-state index in [-0.39, 0.29) is 11.5 Å². The van der Waals surface area contributed by atoms with Crippen molar-refractivity contribution >= 4 is 6.16 Å². The van der Waals surface area contributed by atoms with E-state index in [0.717, 1.165) is 24.8 Å². The summed E-state index contributed by atoms with van der Waals surface area (Å²) in [7, 11) is 1.76. The van der Waals surface area contributed by atoms with Crippen LogP contribution in [0.1, 0.15) is 67.2 Å². The maximum absolute atomic E-state index is 12.6. The molecule has 1 heterocycles. The van der Waals surface area contributed by atoms with Crippen LogP contribution in [-0.2, 0) is 14.2 Å². The first-order valence-corrected chi connectivity index (χ1v) is 10.6. The Labute approximate surface area is 176 Å². The van der Waals surface area contributed by atoms with Gasteiger partial charge in [-0.15, -0.1) is 6.58 Å². The van der Waals surface area contributed by atoms with Gasteiger partial charge in [0.2, 0.25) is 0 Å². The molecule has 1 saturated heterocycles. The summed E-state index contributed by atoms with van der Waals surface area (Å²) in [6.07, 6.45) is 12.5. The molecule has 4 nitrogen and oxygen atoms in total. The van der Waals surface area contributed by atoms with Crippen LogP contribution < -0.4 is 0 Å². The van der Waals surface area contributed by atoms with E-state index in [1.54, 1.807) is 7.11 Å². The Morgan fingerprint density at radius 1 is 1.38 bits per heavy atom. The zero-order valence-corrected chi connectivity index (χ0v) is 19.2. The van der Waals surface area contributed by atoms with Crippen molar-refractivity contribution in [2.24, 2.45) is 10.8 Å². The molecule has 0 amide bonds. The summed E-state index contributed by atoms with van der Waals surface area (Å²) in [4.78, 5) is 12.6. The summed E-state index contributed by atoms with van der Waals surface area (Å²) in [6, 6.07) is 0. The van der Waals surface area contributed by atoms with Gasteiger partial charge in [-0.1, -0.05) is 56.7 Å². The predicted octanol–water partition coefficient (Wildman–Crippen LogP) is 6.54. The standard InChI is InChI=1S/C25H38O4/c1-9-15-23(5,6)25(17-14-18(3)4)21(28-22(26)29-25)19-12-11-13-20(27-8)24(19,7)16-10-2/h9-10,12,14-15,20-21H,2,11,13,16-17H2,1,3-8H3/b15-9+/t20-,21-,24-,25+/m0/s1. The Balaban J connectivity index is 2.68. The van der Waals surface area contributed by atoms with Gasteiger partial charge in [0.05, 0.1) is 6.10 Å². The first kappa shape index (κ1) is 23.5. The lowest BCUT2D eigenvalue weighted by Gasteiger charge is -2.48. The summed E-state index contributed by atoms with van der Waals surface area (Å²) in [5.74, 6) is 0. The molecule has 4 atom stereocenters. The summed E-state index contributed by atoms with van der Waals surface area (Å²) < 4.78 is 17.9. The highest BCUT2D eigenvalue weighted by Crippen LogP contribution is 2.54. The largest absolute Gasteiger partial charge is 0.509 e. The van der Waals surface area contributed by atoms with E-state index in [2.05, 4.69) is 59.4 Å². The molecular weight excluding hydrogens is 364 g/mol. The zero-order chi connectivity index (χ0) is 21.9. The van der Waals surface area contributed by atoms with Crippen LogP contribution in [-0.4, -0.2) is 31.1 Å². The normalized spacial score (nSPS) is 32.5. The number of allylic oxidation sites excluding steroid dienone is 4. The van der Waals surface area contributed by atoms with Crippen LogP contribution in [0.25, 0.3) is 0 Å². The molecule has 0 bridgehead atoms. The zero-order valence-electron chi connectivity index (χ0n) is 19.2. The molecule has 1 aliphatic heterocycles. The van der Waals surface area contributed by atoms with Gasteiger partial charge in [-0.05, 0) is 45.6 Å². The number of ether oxygens (including phenoxy) is 3. The van der Waals surface area contributed by atoms with Crippen LogP contribution in [0.4, 0.5) is 4.79 Å². The van der Waals surface area contributed by atoms with Gasteiger partial charge < -0.3 is 14.2 Å². The molecule has 0 radical (unpaired) electrons. The van der Waals surface area contributed by atoms with Crippen molar-refractivity contribution < 1.29 is 19.0 Å². The lowest BCUT2D eigenvalue weighted by atomic mass is 9.60. The molecule has 1 fully saturated rings. The number of carbonyl (C=O) groups is 1. The van der Waals surface area contributed by atoms with Gasteiger partial charge in [0, 0.05) is 24.4 Å². The molecule has 0 spiro atoms. The SMILES string of the molecule is C=CC[C@@]1(C)C([C@@H]2OC(=O)O[C@@]2(CC=C(C)C)C(C)(C)/C=C/C)=CCC[C@@H]1OC. The van der Waals surface area contributed by atoms with E-state index < -0.39 is 23.3 Å². The van der Waals surface area contributed by atoms with E-state index in [4.69, 9.17) is 14.2 Å². The third-order valence-corrected chi connectivity index (χ3v) is 6.69. The summed E-state index contributed by atoms with van der Waals surface area (Å²) in [5, 5.41) is 0. The Kier molecular flexibility index (Phi) is 7.21. The molecule has 0 aromatic carbocycles. The first-order chi connectivity index (χ1) is 13.6. The molecule has 0 N–H and O–H groups in total. The fourth-order valence-corrected chi connectivity index (χ4v) is 4.99. The van der Waals surface area contributed by atoms with Crippen LogP contribution in [0, 0.1) is 10.8 Å². The average Bonchev–Trinajstić information content (AvgIpc) is 2.98. The van der Waals surface area contributed by atoms with Crippen LogP contribution in [0.3, 0.4) is 0 Å². The fourth-order valence-electron chi connectivity index (χ4n) is 4.99.